The van der Waals surface area contributed by atoms with Crippen molar-refractivity contribution in [3.8, 4) is 0 Å². The van der Waals surface area contributed by atoms with Gasteiger partial charge >= 0.3 is 0 Å². The molecule has 1 heterocycles. The summed E-state index contributed by atoms with van der Waals surface area (Å²) in [7, 11) is 1.89. The fraction of sp³-hybridized carbons (Fsp3) is 0.500. The number of nitrogens with zero attached hydrogens (tertiary/aromatic N) is 2. The van der Waals surface area contributed by atoms with Gasteiger partial charge in [-0.05, 0) is 25.5 Å². The van der Waals surface area contributed by atoms with Crippen LogP contribution in [0.2, 0.25) is 5.02 Å². The molecule has 0 spiro atoms. The molecule has 1 fully saturated rings. The van der Waals surface area contributed by atoms with E-state index < -0.39 is 4.92 Å². The number of nitro benzene ring substituents is 1. The predicted molar refractivity (Wildman–Crippen MR) is 87.7 cm³/mol. The zero-order valence-electron chi connectivity index (χ0n) is 12.3. The van der Waals surface area contributed by atoms with Crippen molar-refractivity contribution in [2.75, 3.05) is 20.1 Å². The van der Waals surface area contributed by atoms with Crippen molar-refractivity contribution in [3.05, 3.63) is 38.9 Å². The molecule has 1 aliphatic heterocycles. The molecule has 6 nitrogen and oxygen atoms in total. The van der Waals surface area contributed by atoms with Crippen LogP contribution < -0.4 is 5.32 Å². The van der Waals surface area contributed by atoms with E-state index in [-0.39, 0.29) is 35.4 Å². The van der Waals surface area contributed by atoms with Crippen LogP contribution in [0.1, 0.15) is 18.4 Å². The highest BCUT2D eigenvalue weighted by molar-refractivity contribution is 6.31. The molecule has 2 rings (SSSR count). The summed E-state index contributed by atoms with van der Waals surface area (Å²) in [6.07, 6.45) is 2.22. The number of carbonyl (C=O) groups excluding carboxylic acids is 1. The van der Waals surface area contributed by atoms with Gasteiger partial charge in [0.25, 0.3) is 5.69 Å². The van der Waals surface area contributed by atoms with E-state index in [0.717, 1.165) is 19.4 Å². The number of amides is 1. The molecule has 1 atom stereocenters. The molecule has 0 bridgehead atoms. The number of piperidine rings is 1. The van der Waals surface area contributed by atoms with E-state index in [1.807, 2.05) is 11.9 Å². The molecule has 0 aromatic heterocycles. The van der Waals surface area contributed by atoms with Crippen molar-refractivity contribution in [1.29, 1.82) is 0 Å². The van der Waals surface area contributed by atoms with Crippen LogP contribution in [0.25, 0.3) is 0 Å². The Morgan fingerprint density at radius 1 is 1.55 bits per heavy atom. The number of hydrogen-bond acceptors (Lipinski definition) is 4. The number of likely N-dealkylation sites (N-methyl/N-ethyl adjacent to an activating group) is 1. The van der Waals surface area contributed by atoms with E-state index in [4.69, 9.17) is 11.6 Å². The van der Waals surface area contributed by atoms with Crippen LogP contribution in [-0.2, 0) is 11.2 Å². The normalized spacial score (nSPS) is 17.7. The number of non-ortho nitro benzene ring substituents is 1. The third kappa shape index (κ3) is 4.56. The first-order valence-corrected chi connectivity index (χ1v) is 7.27. The Hall–Kier alpha value is -1.37. The maximum Gasteiger partial charge on any atom is 0.270 e. The molecule has 122 valence electrons. The molecular formula is C14H19Cl2N3O3. The summed E-state index contributed by atoms with van der Waals surface area (Å²) in [4.78, 5) is 24.3. The van der Waals surface area contributed by atoms with Crippen LogP contribution in [0.4, 0.5) is 5.69 Å². The Morgan fingerprint density at radius 3 is 2.86 bits per heavy atom. The third-order valence-corrected chi connectivity index (χ3v) is 4.12. The lowest BCUT2D eigenvalue weighted by atomic mass is 10.0. The van der Waals surface area contributed by atoms with Crippen molar-refractivity contribution in [2.45, 2.75) is 25.3 Å². The fourth-order valence-electron chi connectivity index (χ4n) is 2.51. The van der Waals surface area contributed by atoms with Gasteiger partial charge in [-0.25, -0.2) is 0 Å². The topological polar surface area (TPSA) is 75.5 Å². The summed E-state index contributed by atoms with van der Waals surface area (Å²) in [5.41, 5.74) is 0.559. The maximum absolute atomic E-state index is 12.3. The summed E-state index contributed by atoms with van der Waals surface area (Å²) >= 11 is 6.02. The molecular weight excluding hydrogens is 329 g/mol. The first-order valence-electron chi connectivity index (χ1n) is 6.89. The Kier molecular flexibility index (Phi) is 7.06. The van der Waals surface area contributed by atoms with Crippen molar-refractivity contribution in [1.82, 2.24) is 10.2 Å². The molecule has 22 heavy (non-hydrogen) atoms. The van der Waals surface area contributed by atoms with Crippen molar-refractivity contribution in [3.63, 3.8) is 0 Å². The van der Waals surface area contributed by atoms with E-state index >= 15 is 0 Å². The van der Waals surface area contributed by atoms with Gasteiger partial charge in [0.1, 0.15) is 0 Å². The first kappa shape index (κ1) is 18.7. The molecule has 1 aromatic rings. The van der Waals surface area contributed by atoms with Crippen LogP contribution in [0.5, 0.6) is 0 Å². The predicted octanol–water partition coefficient (Wildman–Crippen LogP) is 2.42. The summed E-state index contributed by atoms with van der Waals surface area (Å²) in [6.45, 7) is 1.45. The van der Waals surface area contributed by atoms with Gasteiger partial charge in [0.05, 0.1) is 16.4 Å². The van der Waals surface area contributed by atoms with Crippen LogP contribution >= 0.6 is 24.0 Å². The summed E-state index contributed by atoms with van der Waals surface area (Å²) in [5, 5.41) is 14.1. The molecule has 0 radical (unpaired) electrons. The minimum atomic E-state index is -0.500. The lowest BCUT2D eigenvalue weighted by molar-refractivity contribution is -0.384. The van der Waals surface area contributed by atoms with Gasteiger partial charge in [-0.1, -0.05) is 17.7 Å². The largest absolute Gasteiger partial charge is 0.341 e. The highest BCUT2D eigenvalue weighted by Crippen LogP contribution is 2.23. The first-order chi connectivity index (χ1) is 10.0. The van der Waals surface area contributed by atoms with Gasteiger partial charge < -0.3 is 10.2 Å². The lowest BCUT2D eigenvalue weighted by Gasteiger charge is -2.32. The Labute approximate surface area is 140 Å². The van der Waals surface area contributed by atoms with Gasteiger partial charge in [0.15, 0.2) is 0 Å². The average Bonchev–Trinajstić information content (AvgIpc) is 2.49. The van der Waals surface area contributed by atoms with Crippen LogP contribution in [0, 0.1) is 10.1 Å². The number of hydrogen-bond donors (Lipinski definition) is 1. The smallest absolute Gasteiger partial charge is 0.270 e. The SMILES string of the molecule is CNC1CCCN(C(=O)Cc2ccc([N+](=O)[O-])cc2Cl)C1.Cl. The molecule has 1 N–H and O–H groups in total. The lowest BCUT2D eigenvalue weighted by Crippen LogP contribution is -2.47. The molecule has 8 heteroatoms. The number of nitrogens with one attached hydrogen (secondary N) is 1. The summed E-state index contributed by atoms with van der Waals surface area (Å²) < 4.78 is 0. The van der Waals surface area contributed by atoms with E-state index in [0.29, 0.717) is 18.2 Å². The highest BCUT2D eigenvalue weighted by Gasteiger charge is 2.23. The number of halogens is 2. The second kappa shape index (κ2) is 8.31. The standard InChI is InChI=1S/C14H18ClN3O3.ClH/c1-16-11-3-2-6-17(9-11)14(19)7-10-4-5-12(18(20)21)8-13(10)15;/h4-5,8,11,16H,2-3,6-7,9H2,1H3;1H. The molecule has 0 saturated carbocycles. The molecule has 1 saturated heterocycles. The second-order valence-corrected chi connectivity index (χ2v) is 5.58. The van der Waals surface area contributed by atoms with Gasteiger partial charge in [0.2, 0.25) is 5.91 Å². The van der Waals surface area contributed by atoms with E-state index in [1.165, 1.54) is 12.1 Å². The minimum Gasteiger partial charge on any atom is -0.341 e. The molecule has 1 amide bonds. The zero-order chi connectivity index (χ0) is 15.4. The van der Waals surface area contributed by atoms with Gasteiger partial charge in [-0.15, -0.1) is 12.4 Å². The Balaban J connectivity index is 0.00000242. The second-order valence-electron chi connectivity index (χ2n) is 5.18. The van der Waals surface area contributed by atoms with Crippen LogP contribution in [-0.4, -0.2) is 41.9 Å². The Bertz CT molecular complexity index is 554. The molecule has 1 aromatic carbocycles. The quantitative estimate of drug-likeness (QED) is 0.670. The molecule has 1 unspecified atom stereocenters. The number of carbonyl (C=O) groups is 1. The van der Waals surface area contributed by atoms with Crippen molar-refractivity contribution >= 4 is 35.6 Å². The molecule has 0 aliphatic carbocycles. The Morgan fingerprint density at radius 2 is 2.27 bits per heavy atom. The summed E-state index contributed by atoms with van der Waals surface area (Å²) in [5.74, 6) is 0.00528. The number of nitro groups is 1. The number of likely N-dealkylation sites (tertiary alicyclic amines) is 1. The monoisotopic (exact) mass is 347 g/mol. The van der Waals surface area contributed by atoms with Crippen molar-refractivity contribution in [2.24, 2.45) is 0 Å². The van der Waals surface area contributed by atoms with Gasteiger partial charge in [-0.3, -0.25) is 14.9 Å². The highest BCUT2D eigenvalue weighted by atomic mass is 35.5. The fourth-order valence-corrected chi connectivity index (χ4v) is 2.75. The van der Waals surface area contributed by atoms with Gasteiger partial charge in [0, 0.05) is 31.3 Å². The summed E-state index contributed by atoms with van der Waals surface area (Å²) in [6, 6.07) is 4.55. The van der Waals surface area contributed by atoms with E-state index in [9.17, 15) is 14.9 Å². The maximum atomic E-state index is 12.3. The van der Waals surface area contributed by atoms with Crippen LogP contribution in [0.15, 0.2) is 18.2 Å². The van der Waals surface area contributed by atoms with Crippen molar-refractivity contribution < 1.29 is 9.72 Å². The van der Waals surface area contributed by atoms with Crippen LogP contribution in [0.3, 0.4) is 0 Å². The molecule has 1 aliphatic rings. The number of rotatable bonds is 4. The average molecular weight is 348 g/mol. The zero-order valence-corrected chi connectivity index (χ0v) is 13.8. The number of benzene rings is 1. The van der Waals surface area contributed by atoms with Gasteiger partial charge in [-0.2, -0.15) is 0 Å². The minimum absolute atomic E-state index is 0. The van der Waals surface area contributed by atoms with E-state index in [2.05, 4.69) is 5.32 Å². The third-order valence-electron chi connectivity index (χ3n) is 3.77. The van der Waals surface area contributed by atoms with E-state index in [1.54, 1.807) is 6.07 Å².